The first-order valence-corrected chi connectivity index (χ1v) is 9.60. The molecular formula is C22H19N3O5. The fourth-order valence-corrected chi connectivity index (χ4v) is 3.91. The molecule has 1 aliphatic heterocycles. The molecule has 1 saturated heterocycles. The number of rotatable bonds is 5. The number of nitro benzene ring substituents is 1. The van der Waals surface area contributed by atoms with Crippen molar-refractivity contribution in [1.82, 2.24) is 10.0 Å². The normalized spacial score (nSPS) is 20.2. The minimum Gasteiger partial charge on any atom is -0.272 e. The molecule has 0 aromatic heterocycles. The Morgan fingerprint density at radius 2 is 1.63 bits per heavy atom. The van der Waals surface area contributed by atoms with Gasteiger partial charge < -0.3 is 0 Å². The number of hydrazine groups is 1. The average molecular weight is 405 g/mol. The van der Waals surface area contributed by atoms with Crippen LogP contribution < -0.4 is 0 Å². The second kappa shape index (κ2) is 7.90. The molecule has 0 radical (unpaired) electrons. The second-order valence-electron chi connectivity index (χ2n) is 7.30. The van der Waals surface area contributed by atoms with Crippen molar-refractivity contribution in [3.8, 4) is 0 Å². The molecule has 0 N–H and O–H groups in total. The number of nitrogens with zero attached hydrogens (tertiary/aromatic N) is 3. The van der Waals surface area contributed by atoms with E-state index in [4.69, 9.17) is 0 Å². The Kier molecular flexibility index (Phi) is 5.14. The highest BCUT2D eigenvalue weighted by atomic mass is 16.6. The summed E-state index contributed by atoms with van der Waals surface area (Å²) < 4.78 is 0. The van der Waals surface area contributed by atoms with E-state index in [1.807, 2.05) is 18.2 Å². The van der Waals surface area contributed by atoms with Gasteiger partial charge in [0.25, 0.3) is 23.4 Å². The third kappa shape index (κ3) is 3.47. The molecule has 2 aromatic carbocycles. The van der Waals surface area contributed by atoms with E-state index in [1.54, 1.807) is 24.3 Å². The van der Waals surface area contributed by atoms with Gasteiger partial charge in [-0.2, -0.15) is 5.01 Å². The van der Waals surface area contributed by atoms with Crippen LogP contribution in [0.2, 0.25) is 0 Å². The Bertz CT molecular complexity index is 1020. The quantitative estimate of drug-likeness (QED) is 0.329. The molecule has 0 bridgehead atoms. The van der Waals surface area contributed by atoms with Crippen molar-refractivity contribution in [3.05, 3.63) is 88.0 Å². The lowest BCUT2D eigenvalue weighted by atomic mass is 9.85. The van der Waals surface area contributed by atoms with Crippen molar-refractivity contribution in [3.63, 3.8) is 0 Å². The van der Waals surface area contributed by atoms with Crippen LogP contribution >= 0.6 is 0 Å². The van der Waals surface area contributed by atoms with Crippen molar-refractivity contribution >= 4 is 23.4 Å². The highest BCUT2D eigenvalue weighted by Gasteiger charge is 2.50. The number of allylic oxidation sites excluding steroid dienone is 2. The van der Waals surface area contributed by atoms with Gasteiger partial charge in [-0.15, -0.1) is 0 Å². The first-order chi connectivity index (χ1) is 14.5. The van der Waals surface area contributed by atoms with Crippen LogP contribution in [0.5, 0.6) is 0 Å². The average Bonchev–Trinajstić information content (AvgIpc) is 3.03. The van der Waals surface area contributed by atoms with Gasteiger partial charge in [-0.05, 0) is 24.5 Å². The lowest BCUT2D eigenvalue weighted by molar-refractivity contribution is -0.384. The topological polar surface area (TPSA) is 101 Å². The third-order valence-corrected chi connectivity index (χ3v) is 5.44. The summed E-state index contributed by atoms with van der Waals surface area (Å²) in [5.41, 5.74) is 0.524. The summed E-state index contributed by atoms with van der Waals surface area (Å²) in [5, 5.41) is 13.2. The highest BCUT2D eigenvalue weighted by molar-refractivity contribution is 6.08. The molecule has 30 heavy (non-hydrogen) atoms. The number of carbonyl (C=O) groups excluding carboxylic acids is 3. The van der Waals surface area contributed by atoms with Crippen LogP contribution in [0, 0.1) is 22.0 Å². The number of non-ortho nitro benzene ring substituents is 1. The zero-order valence-electron chi connectivity index (χ0n) is 16.0. The summed E-state index contributed by atoms with van der Waals surface area (Å²) in [6.07, 6.45) is 4.66. The molecule has 0 spiro atoms. The maximum Gasteiger partial charge on any atom is 0.273 e. The minimum absolute atomic E-state index is 0.00723. The summed E-state index contributed by atoms with van der Waals surface area (Å²) in [5.74, 6) is -2.44. The molecule has 1 fully saturated rings. The Hall–Kier alpha value is -3.81. The van der Waals surface area contributed by atoms with Crippen molar-refractivity contribution in [2.24, 2.45) is 11.8 Å². The second-order valence-corrected chi connectivity index (χ2v) is 7.30. The van der Waals surface area contributed by atoms with Crippen LogP contribution in [0.1, 0.15) is 28.8 Å². The van der Waals surface area contributed by atoms with E-state index in [0.717, 1.165) is 21.6 Å². The van der Waals surface area contributed by atoms with E-state index >= 15 is 0 Å². The molecule has 2 aromatic rings. The van der Waals surface area contributed by atoms with Gasteiger partial charge in [0.1, 0.15) is 0 Å². The molecule has 152 valence electrons. The van der Waals surface area contributed by atoms with Crippen molar-refractivity contribution < 1.29 is 19.3 Å². The molecule has 0 saturated carbocycles. The standard InChI is InChI=1S/C22H19N3O5/c26-20(16-9-6-10-17(13-16)25(29)30)23(14-15-7-2-1-3-8-15)24-21(27)18-11-4-5-12-19(18)22(24)28/h1-10,13,18-19H,11-12,14H2/t18-,19-/m1/s1. The zero-order chi connectivity index (χ0) is 21.3. The first kappa shape index (κ1) is 19.5. The van der Waals surface area contributed by atoms with Crippen molar-refractivity contribution in [2.75, 3.05) is 0 Å². The molecule has 1 heterocycles. The van der Waals surface area contributed by atoms with Crippen LogP contribution in [0.25, 0.3) is 0 Å². The smallest absolute Gasteiger partial charge is 0.272 e. The number of fused-ring (bicyclic) bond motifs is 1. The predicted molar refractivity (Wildman–Crippen MR) is 107 cm³/mol. The fourth-order valence-electron chi connectivity index (χ4n) is 3.91. The number of benzene rings is 2. The van der Waals surface area contributed by atoms with E-state index in [9.17, 15) is 24.5 Å². The molecule has 4 rings (SSSR count). The SMILES string of the molecule is O=C(c1cccc([N+](=O)[O-])c1)N(Cc1ccccc1)N1C(=O)[C@@H]2CC=CC[C@H]2C1=O. The van der Waals surface area contributed by atoms with E-state index in [1.165, 1.54) is 18.2 Å². The Labute approximate surface area is 172 Å². The third-order valence-electron chi connectivity index (χ3n) is 5.44. The monoisotopic (exact) mass is 405 g/mol. The van der Waals surface area contributed by atoms with Gasteiger partial charge in [0, 0.05) is 17.7 Å². The number of amides is 3. The van der Waals surface area contributed by atoms with Gasteiger partial charge in [0.15, 0.2) is 0 Å². The van der Waals surface area contributed by atoms with E-state index < -0.39 is 34.5 Å². The number of hydrogen-bond donors (Lipinski definition) is 0. The van der Waals surface area contributed by atoms with Gasteiger partial charge in [0.05, 0.1) is 23.3 Å². The minimum atomic E-state index is -0.643. The number of nitro groups is 1. The maximum atomic E-state index is 13.3. The van der Waals surface area contributed by atoms with Crippen LogP contribution in [0.4, 0.5) is 5.69 Å². The maximum absolute atomic E-state index is 13.3. The Morgan fingerprint density at radius 3 is 2.23 bits per heavy atom. The molecule has 2 aliphatic rings. The number of imide groups is 1. The molecule has 0 unspecified atom stereocenters. The van der Waals surface area contributed by atoms with Gasteiger partial charge in [-0.3, -0.25) is 24.5 Å². The Balaban J connectivity index is 1.72. The van der Waals surface area contributed by atoms with E-state index in [0.29, 0.717) is 12.8 Å². The van der Waals surface area contributed by atoms with Crippen LogP contribution in [-0.2, 0) is 16.1 Å². The molecule has 8 heteroatoms. The lowest BCUT2D eigenvalue weighted by Gasteiger charge is -2.30. The van der Waals surface area contributed by atoms with Gasteiger partial charge in [0.2, 0.25) is 0 Å². The number of carbonyl (C=O) groups is 3. The first-order valence-electron chi connectivity index (χ1n) is 9.60. The zero-order valence-corrected chi connectivity index (χ0v) is 16.0. The van der Waals surface area contributed by atoms with Gasteiger partial charge in [-0.25, -0.2) is 5.01 Å². The van der Waals surface area contributed by atoms with Crippen LogP contribution in [-0.4, -0.2) is 32.7 Å². The number of hydrogen-bond acceptors (Lipinski definition) is 5. The largest absolute Gasteiger partial charge is 0.273 e. The van der Waals surface area contributed by atoms with E-state index in [2.05, 4.69) is 0 Å². The molecule has 3 amide bonds. The lowest BCUT2D eigenvalue weighted by Crippen LogP contribution is -2.49. The summed E-state index contributed by atoms with van der Waals surface area (Å²) in [6, 6.07) is 14.3. The molecule has 2 atom stereocenters. The summed E-state index contributed by atoms with van der Waals surface area (Å²) in [4.78, 5) is 50.0. The summed E-state index contributed by atoms with van der Waals surface area (Å²) in [6.45, 7) is -0.00723. The predicted octanol–water partition coefficient (Wildman–Crippen LogP) is 3.10. The van der Waals surface area contributed by atoms with Gasteiger partial charge >= 0.3 is 0 Å². The fraction of sp³-hybridized carbons (Fsp3) is 0.227. The molecule has 8 nitrogen and oxygen atoms in total. The highest BCUT2D eigenvalue weighted by Crippen LogP contribution is 2.36. The van der Waals surface area contributed by atoms with E-state index in [-0.39, 0.29) is 17.8 Å². The van der Waals surface area contributed by atoms with Crippen molar-refractivity contribution in [1.29, 1.82) is 0 Å². The van der Waals surface area contributed by atoms with Crippen molar-refractivity contribution in [2.45, 2.75) is 19.4 Å². The molecular weight excluding hydrogens is 386 g/mol. The van der Waals surface area contributed by atoms with Gasteiger partial charge in [-0.1, -0.05) is 48.6 Å². The summed E-state index contributed by atoms with van der Waals surface area (Å²) >= 11 is 0. The Morgan fingerprint density at radius 1 is 1.00 bits per heavy atom. The molecule has 1 aliphatic carbocycles. The van der Waals surface area contributed by atoms with Crippen LogP contribution in [0.15, 0.2) is 66.7 Å². The van der Waals surface area contributed by atoms with Crippen LogP contribution in [0.3, 0.4) is 0 Å². The summed E-state index contributed by atoms with van der Waals surface area (Å²) in [7, 11) is 0.